The lowest BCUT2D eigenvalue weighted by atomic mass is 10.0. The van der Waals surface area contributed by atoms with Crippen molar-refractivity contribution in [1.82, 2.24) is 10.2 Å². The standard InChI is InChI=1S/C18H26N2O4/c1-15-3-2-4-16(13-15)22-10-7-19-17(21)14-20-8-5-18(6-9-20)23-11-12-24-18/h2-4,13H,5-12,14H2,1H3,(H,19,21). The average Bonchev–Trinajstić information content (AvgIpc) is 3.02. The third-order valence-corrected chi connectivity index (χ3v) is 4.48. The topological polar surface area (TPSA) is 60.0 Å². The van der Waals surface area contributed by atoms with Gasteiger partial charge in [-0.25, -0.2) is 0 Å². The van der Waals surface area contributed by atoms with Gasteiger partial charge in [-0.1, -0.05) is 12.1 Å². The molecule has 3 rings (SSSR count). The van der Waals surface area contributed by atoms with Crippen LogP contribution in [-0.4, -0.2) is 62.6 Å². The van der Waals surface area contributed by atoms with E-state index in [4.69, 9.17) is 14.2 Å². The Morgan fingerprint density at radius 3 is 2.75 bits per heavy atom. The molecule has 2 aliphatic heterocycles. The first-order chi connectivity index (χ1) is 11.7. The van der Waals surface area contributed by atoms with Crippen LogP contribution in [0.3, 0.4) is 0 Å². The zero-order valence-electron chi connectivity index (χ0n) is 14.3. The molecule has 1 N–H and O–H groups in total. The van der Waals surface area contributed by atoms with E-state index >= 15 is 0 Å². The van der Waals surface area contributed by atoms with Gasteiger partial charge in [0.05, 0.1) is 26.3 Å². The molecule has 0 unspecified atom stereocenters. The largest absolute Gasteiger partial charge is 0.492 e. The molecule has 6 nitrogen and oxygen atoms in total. The zero-order chi connectivity index (χ0) is 16.8. The van der Waals surface area contributed by atoms with Gasteiger partial charge in [-0.05, 0) is 24.6 Å². The van der Waals surface area contributed by atoms with Crippen molar-refractivity contribution in [3.8, 4) is 5.75 Å². The molecule has 0 atom stereocenters. The van der Waals surface area contributed by atoms with Crippen LogP contribution in [0.5, 0.6) is 5.75 Å². The molecule has 2 heterocycles. The number of hydrogen-bond acceptors (Lipinski definition) is 5. The van der Waals surface area contributed by atoms with Crippen LogP contribution in [0.4, 0.5) is 0 Å². The molecule has 0 radical (unpaired) electrons. The second kappa shape index (κ2) is 7.96. The van der Waals surface area contributed by atoms with Gasteiger partial charge in [-0.15, -0.1) is 0 Å². The fourth-order valence-corrected chi connectivity index (χ4v) is 3.16. The Kier molecular flexibility index (Phi) is 5.71. The predicted octanol–water partition coefficient (Wildman–Crippen LogP) is 1.33. The summed E-state index contributed by atoms with van der Waals surface area (Å²) in [6.45, 7) is 6.44. The minimum atomic E-state index is -0.380. The Labute approximate surface area is 143 Å². The summed E-state index contributed by atoms with van der Waals surface area (Å²) in [7, 11) is 0. The number of nitrogens with one attached hydrogen (secondary N) is 1. The van der Waals surface area contributed by atoms with E-state index < -0.39 is 0 Å². The van der Waals surface area contributed by atoms with Crippen LogP contribution in [0.25, 0.3) is 0 Å². The van der Waals surface area contributed by atoms with Crippen molar-refractivity contribution in [3.05, 3.63) is 29.8 Å². The minimum Gasteiger partial charge on any atom is -0.492 e. The highest BCUT2D eigenvalue weighted by molar-refractivity contribution is 5.78. The van der Waals surface area contributed by atoms with E-state index in [-0.39, 0.29) is 11.7 Å². The number of hydrogen-bond donors (Lipinski definition) is 1. The number of benzene rings is 1. The monoisotopic (exact) mass is 334 g/mol. The van der Waals surface area contributed by atoms with Crippen molar-refractivity contribution in [2.45, 2.75) is 25.6 Å². The molecule has 1 aromatic carbocycles. The summed E-state index contributed by atoms with van der Waals surface area (Å²) in [4.78, 5) is 14.2. The lowest BCUT2D eigenvalue weighted by Gasteiger charge is -2.37. The molecule has 1 aromatic rings. The molecule has 2 aliphatic rings. The maximum atomic E-state index is 12.0. The van der Waals surface area contributed by atoms with Crippen molar-refractivity contribution >= 4 is 5.91 Å². The first-order valence-corrected chi connectivity index (χ1v) is 8.62. The molecule has 6 heteroatoms. The van der Waals surface area contributed by atoms with Crippen LogP contribution < -0.4 is 10.1 Å². The van der Waals surface area contributed by atoms with Crippen molar-refractivity contribution in [2.75, 3.05) is 46.0 Å². The highest BCUT2D eigenvalue weighted by Gasteiger charge is 2.39. The smallest absolute Gasteiger partial charge is 0.234 e. The Hall–Kier alpha value is -1.63. The Bertz CT molecular complexity index is 548. The Morgan fingerprint density at radius 2 is 2.04 bits per heavy atom. The number of carbonyl (C=O) groups is 1. The number of likely N-dealkylation sites (tertiary alicyclic amines) is 1. The van der Waals surface area contributed by atoms with Gasteiger partial charge in [0.15, 0.2) is 5.79 Å². The lowest BCUT2D eigenvalue weighted by molar-refractivity contribution is -0.185. The average molecular weight is 334 g/mol. The zero-order valence-corrected chi connectivity index (χ0v) is 14.3. The first-order valence-electron chi connectivity index (χ1n) is 8.62. The van der Waals surface area contributed by atoms with Crippen LogP contribution in [0.2, 0.25) is 0 Å². The van der Waals surface area contributed by atoms with Crippen LogP contribution in [0.15, 0.2) is 24.3 Å². The van der Waals surface area contributed by atoms with Gasteiger partial charge >= 0.3 is 0 Å². The number of rotatable bonds is 6. The van der Waals surface area contributed by atoms with Gasteiger partial charge in [-0.3, -0.25) is 9.69 Å². The molecular formula is C18H26N2O4. The van der Waals surface area contributed by atoms with E-state index in [0.717, 1.165) is 37.2 Å². The van der Waals surface area contributed by atoms with Crippen molar-refractivity contribution in [2.24, 2.45) is 0 Å². The molecule has 2 saturated heterocycles. The fourth-order valence-electron chi connectivity index (χ4n) is 3.16. The molecule has 132 valence electrons. The second-order valence-corrected chi connectivity index (χ2v) is 6.40. The number of nitrogens with zero attached hydrogens (tertiary/aromatic N) is 1. The van der Waals surface area contributed by atoms with Gasteiger partial charge in [0.25, 0.3) is 0 Å². The minimum absolute atomic E-state index is 0.0343. The number of carbonyl (C=O) groups excluding carboxylic acids is 1. The summed E-state index contributed by atoms with van der Waals surface area (Å²) in [5.74, 6) is 0.489. The molecule has 0 aromatic heterocycles. The predicted molar refractivity (Wildman–Crippen MR) is 90.0 cm³/mol. The Morgan fingerprint density at radius 1 is 1.29 bits per heavy atom. The summed E-state index contributed by atoms with van der Waals surface area (Å²) < 4.78 is 17.0. The molecule has 24 heavy (non-hydrogen) atoms. The quantitative estimate of drug-likeness (QED) is 0.796. The van der Waals surface area contributed by atoms with Crippen molar-refractivity contribution < 1.29 is 19.0 Å². The van der Waals surface area contributed by atoms with E-state index in [1.54, 1.807) is 0 Å². The number of amides is 1. The molecular weight excluding hydrogens is 308 g/mol. The van der Waals surface area contributed by atoms with Crippen LogP contribution in [0, 0.1) is 6.92 Å². The molecule has 0 saturated carbocycles. The molecule has 2 fully saturated rings. The van der Waals surface area contributed by atoms with Gasteiger partial charge in [0.2, 0.25) is 5.91 Å². The van der Waals surface area contributed by atoms with E-state index in [1.807, 2.05) is 31.2 Å². The first kappa shape index (κ1) is 17.2. The van der Waals surface area contributed by atoms with E-state index in [0.29, 0.717) is 32.9 Å². The van der Waals surface area contributed by atoms with E-state index in [2.05, 4.69) is 10.2 Å². The second-order valence-electron chi connectivity index (χ2n) is 6.40. The SMILES string of the molecule is Cc1cccc(OCCNC(=O)CN2CCC3(CC2)OCCO3)c1. The summed E-state index contributed by atoms with van der Waals surface area (Å²) in [6, 6.07) is 7.90. The van der Waals surface area contributed by atoms with E-state index in [1.165, 1.54) is 0 Å². The van der Waals surface area contributed by atoms with Crippen LogP contribution >= 0.6 is 0 Å². The molecule has 0 aliphatic carbocycles. The number of ether oxygens (including phenoxy) is 3. The lowest BCUT2D eigenvalue weighted by Crippen LogP contribution is -2.48. The summed E-state index contributed by atoms with van der Waals surface area (Å²) in [6.07, 6.45) is 1.66. The van der Waals surface area contributed by atoms with Gasteiger partial charge in [0, 0.05) is 25.9 Å². The Balaban J connectivity index is 1.30. The third kappa shape index (κ3) is 4.69. The fraction of sp³-hybridized carbons (Fsp3) is 0.611. The number of aryl methyl sites for hydroxylation is 1. The molecule has 0 bridgehead atoms. The van der Waals surface area contributed by atoms with Crippen molar-refractivity contribution in [1.29, 1.82) is 0 Å². The van der Waals surface area contributed by atoms with Crippen LogP contribution in [-0.2, 0) is 14.3 Å². The molecule has 1 amide bonds. The van der Waals surface area contributed by atoms with Crippen LogP contribution in [0.1, 0.15) is 18.4 Å². The van der Waals surface area contributed by atoms with Crippen molar-refractivity contribution in [3.63, 3.8) is 0 Å². The highest BCUT2D eigenvalue weighted by atomic mass is 16.7. The molecule has 1 spiro atoms. The summed E-state index contributed by atoms with van der Waals surface area (Å²) >= 11 is 0. The normalized spacial score (nSPS) is 20.2. The van der Waals surface area contributed by atoms with Gasteiger partial charge < -0.3 is 19.5 Å². The van der Waals surface area contributed by atoms with Gasteiger partial charge in [0.1, 0.15) is 12.4 Å². The highest BCUT2D eigenvalue weighted by Crippen LogP contribution is 2.30. The maximum Gasteiger partial charge on any atom is 0.234 e. The van der Waals surface area contributed by atoms with E-state index in [9.17, 15) is 4.79 Å². The summed E-state index contributed by atoms with van der Waals surface area (Å²) in [5, 5.41) is 2.91. The van der Waals surface area contributed by atoms with Gasteiger partial charge in [-0.2, -0.15) is 0 Å². The third-order valence-electron chi connectivity index (χ3n) is 4.48. The summed E-state index contributed by atoms with van der Waals surface area (Å²) in [5.41, 5.74) is 1.16. The number of piperidine rings is 1. The maximum absolute atomic E-state index is 12.0.